The smallest absolute Gasteiger partial charge is 0.254 e. The summed E-state index contributed by atoms with van der Waals surface area (Å²) in [6, 6.07) is 16.1. The monoisotopic (exact) mass is 370 g/mol. The highest BCUT2D eigenvalue weighted by atomic mass is 19.3. The minimum absolute atomic E-state index is 0.0522. The van der Waals surface area contributed by atoms with E-state index >= 15 is 0 Å². The molecule has 27 heavy (non-hydrogen) atoms. The molecular weight excluding hydrogens is 346 g/mol. The number of nitrogens with zero attached hydrogens (tertiary/aromatic N) is 3. The summed E-state index contributed by atoms with van der Waals surface area (Å²) in [6.07, 6.45) is 1.77. The van der Waals surface area contributed by atoms with E-state index in [0.717, 1.165) is 22.3 Å². The van der Waals surface area contributed by atoms with Gasteiger partial charge >= 0.3 is 0 Å². The van der Waals surface area contributed by atoms with Crippen LogP contribution in [0.3, 0.4) is 0 Å². The molecule has 4 rings (SSSR count). The van der Waals surface area contributed by atoms with Gasteiger partial charge in [-0.15, -0.1) is 0 Å². The summed E-state index contributed by atoms with van der Waals surface area (Å²) in [5.41, 5.74) is 4.14. The molecule has 3 aromatic rings. The van der Waals surface area contributed by atoms with Crippen LogP contribution in [0.15, 0.2) is 54.9 Å². The molecule has 2 heterocycles. The number of alkyl halides is 2. The SMILES string of the molecule is CN1CCC(F)(F)C(CNCc2ccc(-n3cnc4ccccc43)cc2)C1. The minimum Gasteiger partial charge on any atom is -0.312 e. The number of nitrogens with one attached hydrogen (secondary N) is 1. The second-order valence-corrected chi connectivity index (χ2v) is 7.37. The number of fused-ring (bicyclic) bond motifs is 1. The quantitative estimate of drug-likeness (QED) is 0.743. The largest absolute Gasteiger partial charge is 0.312 e. The third-order valence-corrected chi connectivity index (χ3v) is 5.34. The average Bonchev–Trinajstić information content (AvgIpc) is 3.09. The van der Waals surface area contributed by atoms with Gasteiger partial charge < -0.3 is 10.2 Å². The van der Waals surface area contributed by atoms with E-state index in [4.69, 9.17) is 0 Å². The van der Waals surface area contributed by atoms with Crippen molar-refractivity contribution in [2.24, 2.45) is 5.92 Å². The van der Waals surface area contributed by atoms with Gasteiger partial charge in [0.15, 0.2) is 0 Å². The van der Waals surface area contributed by atoms with E-state index in [9.17, 15) is 8.78 Å². The highest BCUT2D eigenvalue weighted by molar-refractivity contribution is 5.77. The Morgan fingerprint density at radius 1 is 1.15 bits per heavy atom. The van der Waals surface area contributed by atoms with Gasteiger partial charge in [-0.1, -0.05) is 24.3 Å². The van der Waals surface area contributed by atoms with Crippen molar-refractivity contribution >= 4 is 11.0 Å². The van der Waals surface area contributed by atoms with Crippen molar-refractivity contribution in [1.29, 1.82) is 0 Å². The maximum Gasteiger partial charge on any atom is 0.254 e. The molecule has 4 nitrogen and oxygen atoms in total. The Bertz CT molecular complexity index is 904. The number of hydrogen-bond donors (Lipinski definition) is 1. The summed E-state index contributed by atoms with van der Waals surface area (Å²) >= 11 is 0. The van der Waals surface area contributed by atoms with Crippen LogP contribution in [-0.2, 0) is 6.54 Å². The van der Waals surface area contributed by atoms with Crippen LogP contribution < -0.4 is 5.32 Å². The lowest BCUT2D eigenvalue weighted by molar-refractivity contribution is -0.100. The van der Waals surface area contributed by atoms with Crippen LogP contribution in [0.25, 0.3) is 16.7 Å². The van der Waals surface area contributed by atoms with Crippen LogP contribution >= 0.6 is 0 Å². The first-order valence-electron chi connectivity index (χ1n) is 9.31. The number of likely N-dealkylation sites (tertiary alicyclic amines) is 1. The van der Waals surface area contributed by atoms with Crippen LogP contribution in [0.1, 0.15) is 12.0 Å². The number of para-hydroxylation sites is 2. The Morgan fingerprint density at radius 2 is 1.93 bits per heavy atom. The summed E-state index contributed by atoms with van der Waals surface area (Å²) in [5, 5.41) is 3.21. The van der Waals surface area contributed by atoms with E-state index in [-0.39, 0.29) is 6.42 Å². The lowest BCUT2D eigenvalue weighted by Crippen LogP contribution is -2.49. The molecule has 1 aliphatic heterocycles. The summed E-state index contributed by atoms with van der Waals surface area (Å²) < 4.78 is 30.1. The molecule has 0 saturated carbocycles. The molecule has 0 spiro atoms. The topological polar surface area (TPSA) is 33.1 Å². The van der Waals surface area contributed by atoms with Crippen LogP contribution in [0.4, 0.5) is 8.78 Å². The summed E-state index contributed by atoms with van der Waals surface area (Å²) in [6.45, 7) is 1.81. The molecule has 1 saturated heterocycles. The van der Waals surface area contributed by atoms with Crippen molar-refractivity contribution < 1.29 is 8.78 Å². The van der Waals surface area contributed by atoms with Gasteiger partial charge in [-0.2, -0.15) is 0 Å². The molecule has 0 aliphatic carbocycles. The minimum atomic E-state index is -2.58. The molecule has 1 aromatic heterocycles. The van der Waals surface area contributed by atoms with Crippen molar-refractivity contribution in [3.8, 4) is 5.69 Å². The second kappa shape index (κ2) is 7.37. The van der Waals surface area contributed by atoms with Gasteiger partial charge in [-0.25, -0.2) is 13.8 Å². The third kappa shape index (κ3) is 3.87. The predicted octanol–water partition coefficient (Wildman–Crippen LogP) is 3.70. The standard InChI is InChI=1S/C21H24F2N4/c1-26-11-10-21(22,23)17(14-26)13-24-12-16-6-8-18(9-7-16)27-15-25-19-4-2-3-5-20(19)27/h2-9,15,17,24H,10-14H2,1H3. The third-order valence-electron chi connectivity index (χ3n) is 5.34. The lowest BCUT2D eigenvalue weighted by atomic mass is 9.93. The number of halogens is 2. The number of rotatable bonds is 5. The van der Waals surface area contributed by atoms with E-state index in [0.29, 0.717) is 26.2 Å². The highest BCUT2D eigenvalue weighted by Crippen LogP contribution is 2.32. The molecule has 142 valence electrons. The number of aromatic nitrogens is 2. The normalized spacial score (nSPS) is 20.2. The van der Waals surface area contributed by atoms with Crippen LogP contribution in [0.2, 0.25) is 0 Å². The van der Waals surface area contributed by atoms with Gasteiger partial charge in [-0.05, 0) is 36.9 Å². The average molecular weight is 370 g/mol. The Balaban J connectivity index is 1.38. The number of piperidine rings is 1. The van der Waals surface area contributed by atoms with E-state index in [2.05, 4.69) is 10.3 Å². The number of benzene rings is 2. The zero-order valence-corrected chi connectivity index (χ0v) is 15.4. The molecule has 1 N–H and O–H groups in total. The molecule has 0 bridgehead atoms. The molecule has 0 amide bonds. The van der Waals surface area contributed by atoms with Crippen LogP contribution in [-0.4, -0.2) is 47.1 Å². The zero-order chi connectivity index (χ0) is 18.9. The van der Waals surface area contributed by atoms with E-state index in [1.165, 1.54) is 0 Å². The Labute approximate surface area is 157 Å². The maximum absolute atomic E-state index is 14.0. The molecule has 1 unspecified atom stereocenters. The van der Waals surface area contributed by atoms with E-state index < -0.39 is 11.8 Å². The molecule has 0 radical (unpaired) electrons. The fraction of sp³-hybridized carbons (Fsp3) is 0.381. The molecule has 1 fully saturated rings. The first-order valence-corrected chi connectivity index (χ1v) is 9.31. The van der Waals surface area contributed by atoms with Crippen LogP contribution in [0.5, 0.6) is 0 Å². The fourth-order valence-corrected chi connectivity index (χ4v) is 3.69. The number of imidazole rings is 1. The van der Waals surface area contributed by atoms with E-state index in [1.54, 1.807) is 0 Å². The van der Waals surface area contributed by atoms with Gasteiger partial charge in [0.05, 0.1) is 11.0 Å². The van der Waals surface area contributed by atoms with Crippen molar-refractivity contribution in [3.05, 3.63) is 60.4 Å². The Hall–Kier alpha value is -2.31. The van der Waals surface area contributed by atoms with Gasteiger partial charge in [0.1, 0.15) is 6.33 Å². The Kier molecular flexibility index (Phi) is 4.93. The van der Waals surface area contributed by atoms with Crippen molar-refractivity contribution in [1.82, 2.24) is 19.8 Å². The fourth-order valence-electron chi connectivity index (χ4n) is 3.69. The molecule has 1 aliphatic rings. The summed E-state index contributed by atoms with van der Waals surface area (Å²) in [4.78, 5) is 6.39. The van der Waals surface area contributed by atoms with Crippen molar-refractivity contribution in [2.45, 2.75) is 18.9 Å². The predicted molar refractivity (Wildman–Crippen MR) is 103 cm³/mol. The molecular formula is C21H24F2N4. The van der Waals surface area contributed by atoms with Crippen molar-refractivity contribution in [2.75, 3.05) is 26.7 Å². The first kappa shape index (κ1) is 18.1. The molecule has 1 atom stereocenters. The van der Waals surface area contributed by atoms with Crippen LogP contribution in [0, 0.1) is 5.92 Å². The maximum atomic E-state index is 14.0. The highest BCUT2D eigenvalue weighted by Gasteiger charge is 2.42. The Morgan fingerprint density at radius 3 is 2.74 bits per heavy atom. The molecule has 6 heteroatoms. The number of hydrogen-bond acceptors (Lipinski definition) is 3. The molecule has 2 aromatic carbocycles. The summed E-state index contributed by atoms with van der Waals surface area (Å²) in [7, 11) is 1.90. The van der Waals surface area contributed by atoms with Gasteiger partial charge in [-0.3, -0.25) is 4.57 Å². The van der Waals surface area contributed by atoms with Gasteiger partial charge in [0.25, 0.3) is 5.92 Å². The summed E-state index contributed by atoms with van der Waals surface area (Å²) in [5.74, 6) is -3.21. The second-order valence-electron chi connectivity index (χ2n) is 7.37. The lowest BCUT2D eigenvalue weighted by Gasteiger charge is -2.36. The van der Waals surface area contributed by atoms with Crippen molar-refractivity contribution in [3.63, 3.8) is 0 Å². The zero-order valence-electron chi connectivity index (χ0n) is 15.4. The van der Waals surface area contributed by atoms with E-state index in [1.807, 2.05) is 71.4 Å². The first-order chi connectivity index (χ1) is 13.0. The van der Waals surface area contributed by atoms with Gasteiger partial charge in [0.2, 0.25) is 0 Å². The van der Waals surface area contributed by atoms with Gasteiger partial charge in [0, 0.05) is 44.2 Å².